The molecule has 1 nitrogen and oxygen atoms in total. The molecule has 1 aliphatic carbocycles. The first-order valence-corrected chi connectivity index (χ1v) is 8.04. The summed E-state index contributed by atoms with van der Waals surface area (Å²) in [6, 6.07) is 5.63. The number of aryl methyl sites for hydroxylation is 2. The van der Waals surface area contributed by atoms with Crippen LogP contribution in [0.3, 0.4) is 0 Å². The smallest absolute Gasteiger partial charge is 0.177 e. The quantitative estimate of drug-likeness (QED) is 0.592. The zero-order valence-corrected chi connectivity index (χ0v) is 12.4. The summed E-state index contributed by atoms with van der Waals surface area (Å²) >= 11 is 1.57. The van der Waals surface area contributed by atoms with Crippen LogP contribution in [0.5, 0.6) is 0 Å². The number of ketones is 1. The maximum absolute atomic E-state index is 13.2. The minimum absolute atomic E-state index is 0.0147. The van der Waals surface area contributed by atoms with E-state index in [9.17, 15) is 13.6 Å². The highest BCUT2D eigenvalue weighted by molar-refractivity contribution is 7.14. The molecule has 0 saturated carbocycles. The van der Waals surface area contributed by atoms with Crippen molar-refractivity contribution in [1.82, 2.24) is 0 Å². The molecule has 2 aromatic rings. The summed E-state index contributed by atoms with van der Waals surface area (Å²) in [6.07, 6.45) is 5.84. The van der Waals surface area contributed by atoms with Gasteiger partial charge >= 0.3 is 0 Å². The summed E-state index contributed by atoms with van der Waals surface area (Å²) < 4.78 is 26.1. The number of rotatable bonds is 3. The Balaban J connectivity index is 1.77. The lowest BCUT2D eigenvalue weighted by molar-refractivity contribution is 0.0996. The maximum atomic E-state index is 13.2. The Hall–Kier alpha value is -1.55. The largest absolute Gasteiger partial charge is 0.293 e. The number of halogens is 2. The highest BCUT2D eigenvalue weighted by Crippen LogP contribution is 2.29. The highest BCUT2D eigenvalue weighted by Gasteiger charge is 2.17. The van der Waals surface area contributed by atoms with Crippen molar-refractivity contribution in [1.29, 1.82) is 0 Å². The minimum atomic E-state index is -0.901. The third-order valence-electron chi connectivity index (χ3n) is 3.87. The molecule has 0 atom stereocenters. The molecule has 0 bridgehead atoms. The molecular formula is C17H16F2OS. The van der Waals surface area contributed by atoms with Gasteiger partial charge in [-0.15, -0.1) is 11.3 Å². The molecule has 0 amide bonds. The van der Waals surface area contributed by atoms with Gasteiger partial charge < -0.3 is 0 Å². The number of hydrogen-bond donors (Lipinski definition) is 0. The van der Waals surface area contributed by atoms with Crippen molar-refractivity contribution in [3.63, 3.8) is 0 Å². The lowest BCUT2D eigenvalue weighted by Gasteiger charge is -2.00. The Morgan fingerprint density at radius 1 is 1.05 bits per heavy atom. The molecule has 0 aliphatic heterocycles. The van der Waals surface area contributed by atoms with Crippen molar-refractivity contribution in [2.24, 2.45) is 0 Å². The predicted molar refractivity (Wildman–Crippen MR) is 80.0 cm³/mol. The minimum Gasteiger partial charge on any atom is -0.293 e. The van der Waals surface area contributed by atoms with Crippen LogP contribution >= 0.6 is 11.3 Å². The fraction of sp³-hybridized carbons (Fsp3) is 0.353. The highest BCUT2D eigenvalue weighted by atomic mass is 32.1. The molecule has 4 heteroatoms. The number of carbonyl (C=O) groups is 1. The van der Waals surface area contributed by atoms with E-state index in [1.54, 1.807) is 11.3 Å². The van der Waals surface area contributed by atoms with Crippen LogP contribution in [0.25, 0.3) is 0 Å². The molecule has 0 unspecified atom stereocenters. The second-order valence-corrected chi connectivity index (χ2v) is 6.60. The summed E-state index contributed by atoms with van der Waals surface area (Å²) in [5.41, 5.74) is 1.81. The van der Waals surface area contributed by atoms with Gasteiger partial charge in [0, 0.05) is 11.3 Å². The van der Waals surface area contributed by atoms with Gasteiger partial charge in [-0.1, -0.05) is 12.5 Å². The van der Waals surface area contributed by atoms with Crippen molar-refractivity contribution in [2.45, 2.75) is 38.5 Å². The molecule has 0 fully saturated rings. The number of carbonyl (C=O) groups excluding carboxylic acids is 1. The van der Waals surface area contributed by atoms with E-state index in [0.717, 1.165) is 29.9 Å². The van der Waals surface area contributed by atoms with Gasteiger partial charge in [0.05, 0.1) is 4.88 Å². The molecule has 0 saturated heterocycles. The standard InChI is InChI=1S/C17H16F2OS/c18-13-7-6-11(8-14(13)19)9-15(20)17-10-12-4-2-1-3-5-16(12)21-17/h6-8,10H,1-5,9H2. The van der Waals surface area contributed by atoms with Crippen LogP contribution < -0.4 is 0 Å². The van der Waals surface area contributed by atoms with Gasteiger partial charge in [-0.05, 0) is 55.0 Å². The van der Waals surface area contributed by atoms with Crippen molar-refractivity contribution < 1.29 is 13.6 Å². The van der Waals surface area contributed by atoms with Gasteiger partial charge in [-0.2, -0.15) is 0 Å². The number of hydrogen-bond acceptors (Lipinski definition) is 2. The van der Waals surface area contributed by atoms with E-state index in [2.05, 4.69) is 0 Å². The number of thiophene rings is 1. The van der Waals surface area contributed by atoms with Crippen LogP contribution in [0.2, 0.25) is 0 Å². The average Bonchev–Trinajstić information content (AvgIpc) is 2.74. The SMILES string of the molecule is O=C(Cc1ccc(F)c(F)c1)c1cc2c(s1)CCCCC2. The third-order valence-corrected chi connectivity index (χ3v) is 5.15. The fourth-order valence-corrected chi connectivity index (χ4v) is 3.92. The Morgan fingerprint density at radius 3 is 2.67 bits per heavy atom. The van der Waals surface area contributed by atoms with Gasteiger partial charge in [0.15, 0.2) is 17.4 Å². The van der Waals surface area contributed by atoms with Crippen LogP contribution in [-0.2, 0) is 19.3 Å². The summed E-state index contributed by atoms with van der Waals surface area (Å²) in [5, 5.41) is 0. The zero-order valence-electron chi connectivity index (χ0n) is 11.6. The first-order chi connectivity index (χ1) is 10.1. The van der Waals surface area contributed by atoms with Crippen LogP contribution in [0, 0.1) is 11.6 Å². The van der Waals surface area contributed by atoms with Gasteiger partial charge in [0.1, 0.15) is 0 Å². The summed E-state index contributed by atoms with van der Waals surface area (Å²) in [6.45, 7) is 0. The molecule has 0 radical (unpaired) electrons. The number of Topliss-reactive ketones (excluding diaryl/α,β-unsaturated/α-hetero) is 1. The Bertz CT molecular complexity index is 652. The fourth-order valence-electron chi connectivity index (χ4n) is 2.73. The lowest BCUT2D eigenvalue weighted by atomic mass is 10.1. The molecule has 1 aromatic heterocycles. The second kappa shape index (κ2) is 6.06. The number of fused-ring (bicyclic) bond motifs is 1. The van der Waals surface area contributed by atoms with Gasteiger partial charge in [0.2, 0.25) is 0 Å². The first-order valence-electron chi connectivity index (χ1n) is 7.22. The normalized spacial score (nSPS) is 14.6. The topological polar surface area (TPSA) is 17.1 Å². The molecule has 0 N–H and O–H groups in total. The van der Waals surface area contributed by atoms with E-state index in [1.807, 2.05) is 6.07 Å². The van der Waals surface area contributed by atoms with Crippen LogP contribution in [0.4, 0.5) is 8.78 Å². The van der Waals surface area contributed by atoms with Crippen molar-refractivity contribution in [2.75, 3.05) is 0 Å². The molecule has 21 heavy (non-hydrogen) atoms. The molecular weight excluding hydrogens is 290 g/mol. The number of benzene rings is 1. The van der Waals surface area contributed by atoms with Crippen LogP contribution in [0.1, 0.15) is 44.9 Å². The van der Waals surface area contributed by atoms with Crippen LogP contribution in [-0.4, -0.2) is 5.78 Å². The van der Waals surface area contributed by atoms with E-state index >= 15 is 0 Å². The summed E-state index contributed by atoms with van der Waals surface area (Å²) in [7, 11) is 0. The lowest BCUT2D eigenvalue weighted by Crippen LogP contribution is -2.02. The predicted octanol–water partition coefficient (Wildman–Crippen LogP) is 4.72. The Labute approximate surface area is 126 Å². The van der Waals surface area contributed by atoms with Crippen molar-refractivity contribution >= 4 is 17.1 Å². The summed E-state index contributed by atoms with van der Waals surface area (Å²) in [4.78, 5) is 14.4. The molecule has 1 aliphatic rings. The van der Waals surface area contributed by atoms with E-state index in [0.29, 0.717) is 5.56 Å². The van der Waals surface area contributed by atoms with Gasteiger partial charge in [-0.3, -0.25) is 4.79 Å². The molecule has 1 heterocycles. The van der Waals surface area contributed by atoms with Gasteiger partial charge in [0.25, 0.3) is 0 Å². The Kier molecular flexibility index (Phi) is 4.15. The molecule has 110 valence electrons. The van der Waals surface area contributed by atoms with E-state index in [1.165, 1.54) is 35.8 Å². The van der Waals surface area contributed by atoms with E-state index in [4.69, 9.17) is 0 Å². The maximum Gasteiger partial charge on any atom is 0.177 e. The first kappa shape index (κ1) is 14.4. The monoisotopic (exact) mass is 306 g/mol. The summed E-state index contributed by atoms with van der Waals surface area (Å²) in [5.74, 6) is -1.80. The third kappa shape index (κ3) is 3.21. The Morgan fingerprint density at radius 2 is 1.86 bits per heavy atom. The molecule has 1 aromatic carbocycles. The van der Waals surface area contributed by atoms with E-state index < -0.39 is 11.6 Å². The average molecular weight is 306 g/mol. The zero-order chi connectivity index (χ0) is 14.8. The van der Waals surface area contributed by atoms with Crippen LogP contribution in [0.15, 0.2) is 24.3 Å². The second-order valence-electron chi connectivity index (χ2n) is 5.47. The van der Waals surface area contributed by atoms with Crippen molar-refractivity contribution in [3.8, 4) is 0 Å². The molecule has 0 spiro atoms. The van der Waals surface area contributed by atoms with Crippen molar-refractivity contribution in [3.05, 3.63) is 56.8 Å². The van der Waals surface area contributed by atoms with Gasteiger partial charge in [-0.25, -0.2) is 8.78 Å². The van der Waals surface area contributed by atoms with E-state index in [-0.39, 0.29) is 12.2 Å². The molecule has 3 rings (SSSR count).